The van der Waals surface area contributed by atoms with Crippen molar-refractivity contribution in [3.05, 3.63) is 48.3 Å². The van der Waals surface area contributed by atoms with Gasteiger partial charge in [-0.25, -0.2) is 9.97 Å². The molecule has 0 aromatic carbocycles. The first-order valence-corrected chi connectivity index (χ1v) is 8.48. The highest BCUT2D eigenvalue weighted by Crippen LogP contribution is 2.29. The zero-order valence-corrected chi connectivity index (χ0v) is 13.6. The third kappa shape index (κ3) is 2.88. The molecule has 120 valence electrons. The van der Waals surface area contributed by atoms with Crippen LogP contribution in [0, 0.1) is 0 Å². The molecule has 4 heterocycles. The zero-order chi connectivity index (χ0) is 15.6. The highest BCUT2D eigenvalue weighted by Gasteiger charge is 2.23. The average Bonchev–Trinajstić information content (AvgIpc) is 3.21. The topological polar surface area (TPSA) is 49.7 Å². The molecule has 3 aromatic rings. The molecule has 0 amide bonds. The van der Waals surface area contributed by atoms with Crippen LogP contribution in [-0.4, -0.2) is 37.5 Å². The molecule has 0 bridgehead atoms. The highest BCUT2D eigenvalue weighted by atomic mass is 15.2. The zero-order valence-electron chi connectivity index (χ0n) is 13.6. The molecule has 0 aliphatic carbocycles. The lowest BCUT2D eigenvalue weighted by molar-refractivity contribution is 0.194. The molecule has 0 spiro atoms. The molecule has 0 saturated carbocycles. The van der Waals surface area contributed by atoms with Gasteiger partial charge in [0.15, 0.2) is 0 Å². The predicted molar refractivity (Wildman–Crippen MR) is 91.2 cm³/mol. The minimum atomic E-state index is 0.566. The van der Waals surface area contributed by atoms with E-state index in [-0.39, 0.29) is 0 Å². The van der Waals surface area contributed by atoms with E-state index in [0.29, 0.717) is 5.92 Å². The lowest BCUT2D eigenvalue weighted by Crippen LogP contribution is -2.34. The molecule has 1 N–H and O–H groups in total. The van der Waals surface area contributed by atoms with E-state index in [0.717, 1.165) is 25.3 Å². The maximum absolute atomic E-state index is 4.42. The number of hydrogen-bond donors (Lipinski definition) is 1. The number of hydrogen-bond acceptors (Lipinski definition) is 3. The molecule has 4 rings (SSSR count). The maximum atomic E-state index is 4.42. The number of aryl methyl sites for hydroxylation is 1. The van der Waals surface area contributed by atoms with E-state index in [4.69, 9.17) is 0 Å². The fourth-order valence-electron chi connectivity index (χ4n) is 3.65. The number of aromatic nitrogens is 4. The summed E-state index contributed by atoms with van der Waals surface area (Å²) < 4.78 is 2.23. The summed E-state index contributed by atoms with van der Waals surface area (Å²) in [4.78, 5) is 14.8. The summed E-state index contributed by atoms with van der Waals surface area (Å²) >= 11 is 0. The SMILES string of the molecule is CCn1cncc1CN1CCCC(c2cc3cccnc3[nH]2)C1. The Morgan fingerprint density at radius 1 is 1.39 bits per heavy atom. The number of rotatable bonds is 4. The third-order valence-electron chi connectivity index (χ3n) is 4.88. The second-order valence-corrected chi connectivity index (χ2v) is 6.41. The highest BCUT2D eigenvalue weighted by molar-refractivity contribution is 5.76. The first-order valence-electron chi connectivity index (χ1n) is 8.48. The lowest BCUT2D eigenvalue weighted by atomic mass is 9.94. The Balaban J connectivity index is 1.50. The molecule has 1 aliphatic heterocycles. The van der Waals surface area contributed by atoms with Gasteiger partial charge < -0.3 is 9.55 Å². The maximum Gasteiger partial charge on any atom is 0.137 e. The van der Waals surface area contributed by atoms with Crippen molar-refractivity contribution in [2.45, 2.75) is 38.8 Å². The Hall–Kier alpha value is -2.14. The Bertz CT molecular complexity index is 754. The minimum absolute atomic E-state index is 0.566. The van der Waals surface area contributed by atoms with E-state index in [9.17, 15) is 0 Å². The van der Waals surface area contributed by atoms with Crippen LogP contribution in [-0.2, 0) is 13.1 Å². The first kappa shape index (κ1) is 14.5. The van der Waals surface area contributed by atoms with Gasteiger partial charge >= 0.3 is 0 Å². The van der Waals surface area contributed by atoms with Crippen molar-refractivity contribution >= 4 is 11.0 Å². The Morgan fingerprint density at radius 3 is 3.22 bits per heavy atom. The fourth-order valence-corrected chi connectivity index (χ4v) is 3.65. The lowest BCUT2D eigenvalue weighted by Gasteiger charge is -2.32. The van der Waals surface area contributed by atoms with Crippen LogP contribution in [0.5, 0.6) is 0 Å². The van der Waals surface area contributed by atoms with Crippen LogP contribution in [0.3, 0.4) is 0 Å². The van der Waals surface area contributed by atoms with Crippen molar-refractivity contribution in [2.75, 3.05) is 13.1 Å². The summed E-state index contributed by atoms with van der Waals surface area (Å²) in [7, 11) is 0. The van der Waals surface area contributed by atoms with E-state index in [1.54, 1.807) is 0 Å². The molecule has 3 aromatic heterocycles. The van der Waals surface area contributed by atoms with Gasteiger partial charge in [-0.3, -0.25) is 4.90 Å². The van der Waals surface area contributed by atoms with Crippen LogP contribution in [0.15, 0.2) is 36.9 Å². The van der Waals surface area contributed by atoms with Gasteiger partial charge in [-0.1, -0.05) is 0 Å². The molecule has 5 heteroatoms. The number of aromatic amines is 1. The van der Waals surface area contributed by atoms with Gasteiger partial charge in [0, 0.05) is 49.0 Å². The summed E-state index contributed by atoms with van der Waals surface area (Å²) in [5.41, 5.74) is 3.64. The van der Waals surface area contributed by atoms with Crippen LogP contribution < -0.4 is 0 Å². The largest absolute Gasteiger partial charge is 0.343 e. The van der Waals surface area contributed by atoms with Crippen molar-refractivity contribution in [3.8, 4) is 0 Å². The van der Waals surface area contributed by atoms with Gasteiger partial charge in [0.25, 0.3) is 0 Å². The number of nitrogens with zero attached hydrogens (tertiary/aromatic N) is 4. The Kier molecular flexibility index (Phi) is 3.87. The number of imidazole rings is 1. The normalized spacial score (nSPS) is 19.4. The van der Waals surface area contributed by atoms with Gasteiger partial charge in [0.2, 0.25) is 0 Å². The summed E-state index contributed by atoms with van der Waals surface area (Å²) in [5.74, 6) is 0.566. The first-order chi connectivity index (χ1) is 11.3. The van der Waals surface area contributed by atoms with Gasteiger partial charge in [0.05, 0.1) is 12.0 Å². The molecule has 1 saturated heterocycles. The third-order valence-corrected chi connectivity index (χ3v) is 4.88. The van der Waals surface area contributed by atoms with Crippen molar-refractivity contribution in [1.29, 1.82) is 0 Å². The van der Waals surface area contributed by atoms with Gasteiger partial charge in [-0.15, -0.1) is 0 Å². The van der Waals surface area contributed by atoms with Crippen molar-refractivity contribution in [2.24, 2.45) is 0 Å². The number of pyridine rings is 1. The smallest absolute Gasteiger partial charge is 0.137 e. The van der Waals surface area contributed by atoms with Crippen molar-refractivity contribution < 1.29 is 0 Å². The molecule has 1 atom stereocenters. The van der Waals surface area contributed by atoms with Crippen LogP contribution >= 0.6 is 0 Å². The van der Waals surface area contributed by atoms with E-state index in [1.165, 1.54) is 36.2 Å². The Labute approximate surface area is 136 Å². The number of piperidine rings is 1. The van der Waals surface area contributed by atoms with Gasteiger partial charge in [0.1, 0.15) is 5.65 Å². The molecule has 23 heavy (non-hydrogen) atoms. The number of H-pyrrole nitrogens is 1. The molecule has 1 aliphatic rings. The quantitative estimate of drug-likeness (QED) is 0.805. The monoisotopic (exact) mass is 309 g/mol. The number of fused-ring (bicyclic) bond motifs is 1. The summed E-state index contributed by atoms with van der Waals surface area (Å²) in [5, 5.41) is 1.21. The van der Waals surface area contributed by atoms with Crippen LogP contribution in [0.1, 0.15) is 37.1 Å². The summed E-state index contributed by atoms with van der Waals surface area (Å²) in [6, 6.07) is 6.40. The molecular formula is C18H23N5. The van der Waals surface area contributed by atoms with Gasteiger partial charge in [-0.05, 0) is 44.5 Å². The summed E-state index contributed by atoms with van der Waals surface area (Å²) in [6.45, 7) is 6.41. The standard InChI is InChI=1S/C18H23N5/c1-2-23-13-19-10-16(23)12-22-8-4-6-15(11-22)17-9-14-5-3-7-20-18(14)21-17/h3,5,7,9-10,13,15H,2,4,6,8,11-12H2,1H3,(H,20,21). The van der Waals surface area contributed by atoms with E-state index < -0.39 is 0 Å². The van der Waals surface area contributed by atoms with Crippen LogP contribution in [0.4, 0.5) is 0 Å². The van der Waals surface area contributed by atoms with E-state index in [2.05, 4.69) is 43.5 Å². The second-order valence-electron chi connectivity index (χ2n) is 6.41. The fraction of sp³-hybridized carbons (Fsp3) is 0.444. The van der Waals surface area contributed by atoms with Crippen molar-refractivity contribution in [1.82, 2.24) is 24.4 Å². The molecule has 1 unspecified atom stereocenters. The predicted octanol–water partition coefficient (Wildman–Crippen LogP) is 3.16. The van der Waals surface area contributed by atoms with E-state index >= 15 is 0 Å². The second kappa shape index (κ2) is 6.16. The molecular weight excluding hydrogens is 286 g/mol. The minimum Gasteiger partial charge on any atom is -0.343 e. The van der Waals surface area contributed by atoms with Crippen molar-refractivity contribution in [3.63, 3.8) is 0 Å². The van der Waals surface area contributed by atoms with Crippen LogP contribution in [0.2, 0.25) is 0 Å². The van der Waals surface area contributed by atoms with Gasteiger partial charge in [-0.2, -0.15) is 0 Å². The number of nitrogens with one attached hydrogen (secondary N) is 1. The molecule has 0 radical (unpaired) electrons. The van der Waals surface area contributed by atoms with Crippen LogP contribution in [0.25, 0.3) is 11.0 Å². The number of likely N-dealkylation sites (tertiary alicyclic amines) is 1. The average molecular weight is 309 g/mol. The van der Waals surface area contributed by atoms with E-state index in [1.807, 2.05) is 24.8 Å². The summed E-state index contributed by atoms with van der Waals surface area (Å²) in [6.07, 6.45) is 8.27. The molecule has 5 nitrogen and oxygen atoms in total. The molecule has 1 fully saturated rings. The Morgan fingerprint density at radius 2 is 2.35 bits per heavy atom.